The number of hydrogen-bond acceptors (Lipinski definition) is 5. The fourth-order valence-corrected chi connectivity index (χ4v) is 2.68. The SMILES string of the molecule is OCCCSCCNCC(O)COCc1ccccc1Cl. The summed E-state index contributed by atoms with van der Waals surface area (Å²) in [5.74, 6) is 1.95. The van der Waals surface area contributed by atoms with Crippen molar-refractivity contribution < 1.29 is 14.9 Å². The Bertz CT molecular complexity index is 382. The number of aliphatic hydroxyl groups is 2. The van der Waals surface area contributed by atoms with Crippen LogP contribution in [0, 0.1) is 0 Å². The number of halogens is 1. The molecule has 6 heteroatoms. The van der Waals surface area contributed by atoms with Crippen molar-refractivity contribution in [2.75, 3.05) is 37.8 Å². The Labute approximate surface area is 135 Å². The maximum atomic E-state index is 9.78. The number of nitrogens with one attached hydrogen (secondary N) is 1. The van der Waals surface area contributed by atoms with Crippen molar-refractivity contribution in [3.63, 3.8) is 0 Å². The third-order valence-electron chi connectivity index (χ3n) is 2.78. The quantitative estimate of drug-likeness (QED) is 0.510. The minimum Gasteiger partial charge on any atom is -0.396 e. The number of ether oxygens (including phenoxy) is 1. The first kappa shape index (κ1) is 18.7. The predicted molar refractivity (Wildman–Crippen MR) is 89.0 cm³/mol. The highest BCUT2D eigenvalue weighted by atomic mass is 35.5. The molecule has 21 heavy (non-hydrogen) atoms. The van der Waals surface area contributed by atoms with Gasteiger partial charge in [0.1, 0.15) is 0 Å². The van der Waals surface area contributed by atoms with Crippen LogP contribution in [-0.4, -0.2) is 54.1 Å². The number of aliphatic hydroxyl groups excluding tert-OH is 2. The van der Waals surface area contributed by atoms with Gasteiger partial charge in [0, 0.05) is 30.5 Å². The Hall–Kier alpha value is -0.300. The van der Waals surface area contributed by atoms with Crippen LogP contribution in [0.1, 0.15) is 12.0 Å². The van der Waals surface area contributed by atoms with E-state index in [9.17, 15) is 5.11 Å². The summed E-state index contributed by atoms with van der Waals surface area (Å²) in [6.07, 6.45) is 0.318. The monoisotopic (exact) mass is 333 g/mol. The summed E-state index contributed by atoms with van der Waals surface area (Å²) in [5, 5.41) is 22.3. The first-order valence-electron chi connectivity index (χ1n) is 7.12. The maximum Gasteiger partial charge on any atom is 0.0897 e. The molecule has 0 aliphatic rings. The van der Waals surface area contributed by atoms with Gasteiger partial charge < -0.3 is 20.3 Å². The molecule has 0 saturated heterocycles. The van der Waals surface area contributed by atoms with Crippen LogP contribution in [0.25, 0.3) is 0 Å². The largest absolute Gasteiger partial charge is 0.396 e. The Morgan fingerprint density at radius 1 is 1.29 bits per heavy atom. The molecule has 1 aromatic rings. The van der Waals surface area contributed by atoms with Gasteiger partial charge in [0.05, 0.1) is 19.3 Å². The van der Waals surface area contributed by atoms with Crippen molar-refractivity contribution in [1.82, 2.24) is 5.32 Å². The molecule has 0 aliphatic carbocycles. The third-order valence-corrected chi connectivity index (χ3v) is 4.21. The van der Waals surface area contributed by atoms with E-state index in [0.717, 1.165) is 30.0 Å². The van der Waals surface area contributed by atoms with Gasteiger partial charge in [0.15, 0.2) is 0 Å². The van der Waals surface area contributed by atoms with Crippen molar-refractivity contribution in [3.05, 3.63) is 34.9 Å². The molecule has 0 bridgehead atoms. The van der Waals surface area contributed by atoms with Crippen LogP contribution in [0.3, 0.4) is 0 Å². The molecule has 0 heterocycles. The van der Waals surface area contributed by atoms with E-state index < -0.39 is 6.10 Å². The zero-order valence-electron chi connectivity index (χ0n) is 12.1. The van der Waals surface area contributed by atoms with Gasteiger partial charge in [-0.2, -0.15) is 11.8 Å². The molecule has 4 nitrogen and oxygen atoms in total. The zero-order chi connectivity index (χ0) is 15.3. The molecule has 1 unspecified atom stereocenters. The van der Waals surface area contributed by atoms with Crippen LogP contribution in [0.2, 0.25) is 5.02 Å². The summed E-state index contributed by atoms with van der Waals surface area (Å²) in [6.45, 7) is 2.31. The van der Waals surface area contributed by atoms with Crippen molar-refractivity contribution in [1.29, 1.82) is 0 Å². The molecule has 0 saturated carbocycles. The van der Waals surface area contributed by atoms with Gasteiger partial charge >= 0.3 is 0 Å². The molecule has 120 valence electrons. The van der Waals surface area contributed by atoms with Gasteiger partial charge in [-0.1, -0.05) is 29.8 Å². The van der Waals surface area contributed by atoms with E-state index in [1.807, 2.05) is 24.3 Å². The highest BCUT2D eigenvalue weighted by molar-refractivity contribution is 7.99. The Morgan fingerprint density at radius 2 is 2.10 bits per heavy atom. The smallest absolute Gasteiger partial charge is 0.0897 e. The average Bonchev–Trinajstić information content (AvgIpc) is 2.48. The predicted octanol–water partition coefficient (Wildman–Crippen LogP) is 1.92. The second-order valence-corrected chi connectivity index (χ2v) is 6.29. The lowest BCUT2D eigenvalue weighted by Crippen LogP contribution is -2.31. The Kier molecular flexibility index (Phi) is 10.9. The topological polar surface area (TPSA) is 61.7 Å². The van der Waals surface area contributed by atoms with Gasteiger partial charge in [-0.25, -0.2) is 0 Å². The number of benzene rings is 1. The van der Waals surface area contributed by atoms with Crippen molar-refractivity contribution in [2.24, 2.45) is 0 Å². The summed E-state index contributed by atoms with van der Waals surface area (Å²) in [4.78, 5) is 0. The molecule has 1 aromatic carbocycles. The molecule has 0 aromatic heterocycles. The summed E-state index contributed by atoms with van der Waals surface area (Å²) in [7, 11) is 0. The van der Waals surface area contributed by atoms with Crippen LogP contribution in [-0.2, 0) is 11.3 Å². The third kappa shape index (κ3) is 9.34. The average molecular weight is 334 g/mol. The lowest BCUT2D eigenvalue weighted by Gasteiger charge is -2.13. The molecule has 0 fully saturated rings. The molecular weight excluding hydrogens is 310 g/mol. The molecule has 1 rings (SSSR count). The van der Waals surface area contributed by atoms with Crippen LogP contribution in [0.15, 0.2) is 24.3 Å². The Morgan fingerprint density at radius 3 is 2.86 bits per heavy atom. The second-order valence-electron chi connectivity index (χ2n) is 4.65. The normalized spacial score (nSPS) is 12.5. The van der Waals surface area contributed by atoms with Crippen LogP contribution >= 0.6 is 23.4 Å². The van der Waals surface area contributed by atoms with E-state index in [1.54, 1.807) is 11.8 Å². The fraction of sp³-hybridized carbons (Fsp3) is 0.600. The fourth-order valence-electron chi connectivity index (χ4n) is 1.66. The van der Waals surface area contributed by atoms with Crippen LogP contribution in [0.5, 0.6) is 0 Å². The van der Waals surface area contributed by atoms with Crippen LogP contribution in [0.4, 0.5) is 0 Å². The summed E-state index contributed by atoms with van der Waals surface area (Å²) in [5.41, 5.74) is 0.930. The number of rotatable bonds is 12. The minimum absolute atomic E-state index is 0.252. The molecule has 0 radical (unpaired) electrons. The molecule has 0 spiro atoms. The highest BCUT2D eigenvalue weighted by Gasteiger charge is 2.05. The highest BCUT2D eigenvalue weighted by Crippen LogP contribution is 2.15. The first-order valence-corrected chi connectivity index (χ1v) is 8.66. The van der Waals surface area contributed by atoms with Crippen molar-refractivity contribution >= 4 is 23.4 Å². The summed E-state index contributed by atoms with van der Waals surface area (Å²) in [6, 6.07) is 7.53. The van der Waals surface area contributed by atoms with E-state index in [1.165, 1.54) is 0 Å². The zero-order valence-corrected chi connectivity index (χ0v) is 13.7. The lowest BCUT2D eigenvalue weighted by molar-refractivity contribution is 0.0292. The number of hydrogen-bond donors (Lipinski definition) is 3. The lowest BCUT2D eigenvalue weighted by atomic mass is 10.2. The molecular formula is C15H24ClNO3S. The molecule has 0 amide bonds. The van der Waals surface area contributed by atoms with Gasteiger partial charge in [0.2, 0.25) is 0 Å². The Balaban J connectivity index is 1.99. The van der Waals surface area contributed by atoms with Crippen molar-refractivity contribution in [3.8, 4) is 0 Å². The molecule has 1 atom stereocenters. The van der Waals surface area contributed by atoms with Gasteiger partial charge in [-0.3, -0.25) is 0 Å². The summed E-state index contributed by atoms with van der Waals surface area (Å²) >= 11 is 7.82. The second kappa shape index (κ2) is 12.3. The van der Waals surface area contributed by atoms with Crippen LogP contribution < -0.4 is 5.32 Å². The first-order chi connectivity index (χ1) is 10.2. The van der Waals surface area contributed by atoms with E-state index in [0.29, 0.717) is 18.2 Å². The van der Waals surface area contributed by atoms with Gasteiger partial charge in [-0.15, -0.1) is 0 Å². The standard InChI is InChI=1S/C15H24ClNO3S/c16-15-5-2-1-4-13(15)11-20-12-14(19)10-17-6-9-21-8-3-7-18/h1-2,4-5,14,17-19H,3,6-12H2. The number of thioether (sulfide) groups is 1. The summed E-state index contributed by atoms with van der Waals surface area (Å²) < 4.78 is 5.47. The molecule has 0 aliphatic heterocycles. The molecule has 3 N–H and O–H groups in total. The van der Waals surface area contributed by atoms with Crippen molar-refractivity contribution in [2.45, 2.75) is 19.1 Å². The minimum atomic E-state index is -0.519. The maximum absolute atomic E-state index is 9.78. The van der Waals surface area contributed by atoms with Gasteiger partial charge in [-0.05, 0) is 23.8 Å². The van der Waals surface area contributed by atoms with E-state index in [2.05, 4.69) is 5.32 Å². The van der Waals surface area contributed by atoms with E-state index >= 15 is 0 Å². The van der Waals surface area contributed by atoms with E-state index in [-0.39, 0.29) is 13.2 Å². The van der Waals surface area contributed by atoms with E-state index in [4.69, 9.17) is 21.4 Å². The van der Waals surface area contributed by atoms with Gasteiger partial charge in [0.25, 0.3) is 0 Å².